The first-order valence-corrected chi connectivity index (χ1v) is 3.61. The second-order valence-electron chi connectivity index (χ2n) is 1.85. The van der Waals surface area contributed by atoms with E-state index in [2.05, 4.69) is 24.5 Å². The molecule has 0 aliphatic rings. The molecular weight excluding hydrogens is 132 g/mol. The Bertz CT molecular complexity index is 164. The summed E-state index contributed by atoms with van der Waals surface area (Å²) in [6.07, 6.45) is 3.83. The average molecular weight is 142 g/mol. The summed E-state index contributed by atoms with van der Waals surface area (Å²) in [5, 5.41) is 0. The van der Waals surface area contributed by atoms with Crippen molar-refractivity contribution in [1.82, 2.24) is 9.55 Å². The molecule has 0 bridgehead atoms. The summed E-state index contributed by atoms with van der Waals surface area (Å²) in [6.45, 7) is 3.07. The van der Waals surface area contributed by atoms with Gasteiger partial charge in [0.1, 0.15) is 0 Å². The van der Waals surface area contributed by atoms with Crippen molar-refractivity contribution < 1.29 is 0 Å². The van der Waals surface area contributed by atoms with Crippen LogP contribution in [0.1, 0.15) is 12.6 Å². The van der Waals surface area contributed by atoms with Gasteiger partial charge in [-0.3, -0.25) is 0 Å². The maximum atomic E-state index is 4.09. The van der Waals surface area contributed by atoms with Gasteiger partial charge >= 0.3 is 0 Å². The van der Waals surface area contributed by atoms with Crippen LogP contribution < -0.4 is 0 Å². The molecule has 0 fully saturated rings. The fraction of sp³-hybridized carbons (Fsp3) is 0.500. The summed E-state index contributed by atoms with van der Waals surface area (Å²) in [7, 11) is 0. The zero-order chi connectivity index (χ0) is 6.69. The lowest BCUT2D eigenvalue weighted by atomic mass is 10.5. The van der Waals surface area contributed by atoms with Gasteiger partial charge in [0.15, 0.2) is 0 Å². The first kappa shape index (κ1) is 6.68. The quantitative estimate of drug-likeness (QED) is 0.617. The molecular formula is C6H10N2S. The van der Waals surface area contributed by atoms with Crippen LogP contribution in [-0.4, -0.2) is 9.55 Å². The van der Waals surface area contributed by atoms with E-state index in [1.165, 1.54) is 0 Å². The minimum absolute atomic E-state index is 0.729. The molecule has 0 amide bonds. The maximum absolute atomic E-state index is 4.09. The van der Waals surface area contributed by atoms with Gasteiger partial charge in [-0.25, -0.2) is 4.98 Å². The van der Waals surface area contributed by atoms with Crippen molar-refractivity contribution in [2.75, 3.05) is 0 Å². The Morgan fingerprint density at radius 3 is 2.89 bits per heavy atom. The largest absolute Gasteiger partial charge is 0.337 e. The van der Waals surface area contributed by atoms with E-state index in [1.807, 2.05) is 17.1 Å². The number of aryl methyl sites for hydroxylation is 1. The van der Waals surface area contributed by atoms with Crippen LogP contribution in [0.3, 0.4) is 0 Å². The Kier molecular flexibility index (Phi) is 2.16. The van der Waals surface area contributed by atoms with Crippen LogP contribution in [0, 0.1) is 0 Å². The molecule has 3 heteroatoms. The molecule has 1 aromatic rings. The molecule has 0 unspecified atom stereocenters. The lowest BCUT2D eigenvalue weighted by Crippen LogP contribution is -1.86. The van der Waals surface area contributed by atoms with Crippen molar-refractivity contribution >= 4 is 12.6 Å². The summed E-state index contributed by atoms with van der Waals surface area (Å²) in [6, 6.07) is 0. The Hall–Kier alpha value is -0.440. The zero-order valence-electron chi connectivity index (χ0n) is 5.41. The Balaban J connectivity index is 2.74. The Labute approximate surface area is 60.3 Å². The van der Waals surface area contributed by atoms with E-state index in [4.69, 9.17) is 0 Å². The van der Waals surface area contributed by atoms with Gasteiger partial charge in [0.2, 0.25) is 0 Å². The Morgan fingerprint density at radius 1 is 1.78 bits per heavy atom. The van der Waals surface area contributed by atoms with Crippen LogP contribution in [0.5, 0.6) is 0 Å². The molecule has 0 atom stereocenters. The van der Waals surface area contributed by atoms with E-state index in [0.717, 1.165) is 18.0 Å². The van der Waals surface area contributed by atoms with Gasteiger partial charge < -0.3 is 4.57 Å². The minimum atomic E-state index is 0.729. The fourth-order valence-corrected chi connectivity index (χ4v) is 0.824. The molecule has 0 aliphatic heterocycles. The van der Waals surface area contributed by atoms with Crippen molar-refractivity contribution in [3.8, 4) is 0 Å². The van der Waals surface area contributed by atoms with Gasteiger partial charge in [-0.2, -0.15) is 12.6 Å². The summed E-state index contributed by atoms with van der Waals surface area (Å²) in [5.74, 6) is 0.729. The number of rotatable bonds is 2. The molecule has 0 spiro atoms. The SMILES string of the molecule is CCn1cnc(CS)c1. The standard InChI is InChI=1S/C6H10N2S/c1-2-8-3-6(4-9)7-5-8/h3,5,9H,2,4H2,1H3. The lowest BCUT2D eigenvalue weighted by Gasteiger charge is -1.89. The van der Waals surface area contributed by atoms with Crippen molar-refractivity contribution in [2.24, 2.45) is 0 Å². The molecule has 1 rings (SSSR count). The summed E-state index contributed by atoms with van der Waals surface area (Å²) < 4.78 is 2.03. The highest BCUT2D eigenvalue weighted by molar-refractivity contribution is 7.79. The van der Waals surface area contributed by atoms with E-state index in [9.17, 15) is 0 Å². The summed E-state index contributed by atoms with van der Waals surface area (Å²) >= 11 is 4.09. The number of hydrogen-bond acceptors (Lipinski definition) is 2. The number of nitrogens with zero attached hydrogens (tertiary/aromatic N) is 2. The Morgan fingerprint density at radius 2 is 2.56 bits per heavy atom. The van der Waals surface area contributed by atoms with Crippen molar-refractivity contribution in [2.45, 2.75) is 19.2 Å². The predicted octanol–water partition coefficient (Wildman–Crippen LogP) is 1.33. The molecule has 1 aromatic heterocycles. The van der Waals surface area contributed by atoms with Crippen molar-refractivity contribution in [3.05, 3.63) is 18.2 Å². The van der Waals surface area contributed by atoms with Crippen molar-refractivity contribution in [1.29, 1.82) is 0 Å². The number of imidazole rings is 1. The number of hydrogen-bond donors (Lipinski definition) is 1. The third-order valence-electron chi connectivity index (χ3n) is 1.21. The van der Waals surface area contributed by atoms with Gasteiger partial charge in [-0.1, -0.05) is 0 Å². The predicted molar refractivity (Wildman–Crippen MR) is 40.6 cm³/mol. The molecule has 9 heavy (non-hydrogen) atoms. The minimum Gasteiger partial charge on any atom is -0.337 e. The highest BCUT2D eigenvalue weighted by Gasteiger charge is 1.91. The van der Waals surface area contributed by atoms with E-state index >= 15 is 0 Å². The third kappa shape index (κ3) is 1.48. The lowest BCUT2D eigenvalue weighted by molar-refractivity contribution is 0.761. The van der Waals surface area contributed by atoms with Crippen LogP contribution in [0.15, 0.2) is 12.5 Å². The zero-order valence-corrected chi connectivity index (χ0v) is 6.30. The van der Waals surface area contributed by atoms with E-state index in [-0.39, 0.29) is 0 Å². The average Bonchev–Trinajstić information content (AvgIpc) is 2.34. The van der Waals surface area contributed by atoms with Crippen LogP contribution >= 0.6 is 12.6 Å². The molecule has 2 nitrogen and oxygen atoms in total. The maximum Gasteiger partial charge on any atom is 0.0949 e. The second-order valence-corrected chi connectivity index (χ2v) is 2.17. The molecule has 0 saturated carbocycles. The highest BCUT2D eigenvalue weighted by Crippen LogP contribution is 1.98. The highest BCUT2D eigenvalue weighted by atomic mass is 32.1. The fourth-order valence-electron chi connectivity index (χ4n) is 0.661. The van der Waals surface area contributed by atoms with Gasteiger partial charge in [-0.15, -0.1) is 0 Å². The van der Waals surface area contributed by atoms with Crippen molar-refractivity contribution in [3.63, 3.8) is 0 Å². The van der Waals surface area contributed by atoms with E-state index in [0.29, 0.717) is 0 Å². The van der Waals surface area contributed by atoms with Crippen LogP contribution in [0.2, 0.25) is 0 Å². The number of thiol groups is 1. The third-order valence-corrected chi connectivity index (χ3v) is 1.54. The molecule has 50 valence electrons. The number of aromatic nitrogens is 2. The summed E-state index contributed by atoms with van der Waals surface area (Å²) in [5.41, 5.74) is 1.04. The van der Waals surface area contributed by atoms with E-state index < -0.39 is 0 Å². The molecule has 0 radical (unpaired) electrons. The van der Waals surface area contributed by atoms with Crippen LogP contribution in [0.25, 0.3) is 0 Å². The first-order valence-electron chi connectivity index (χ1n) is 2.98. The summed E-state index contributed by atoms with van der Waals surface area (Å²) in [4.78, 5) is 4.09. The topological polar surface area (TPSA) is 17.8 Å². The monoisotopic (exact) mass is 142 g/mol. The smallest absolute Gasteiger partial charge is 0.0949 e. The molecule has 0 N–H and O–H groups in total. The van der Waals surface area contributed by atoms with E-state index in [1.54, 1.807) is 0 Å². The molecule has 0 saturated heterocycles. The van der Waals surface area contributed by atoms with Gasteiger partial charge in [0.05, 0.1) is 12.0 Å². The molecule has 0 aliphatic carbocycles. The van der Waals surface area contributed by atoms with Crippen LogP contribution in [-0.2, 0) is 12.3 Å². The first-order chi connectivity index (χ1) is 4.36. The molecule has 0 aromatic carbocycles. The van der Waals surface area contributed by atoms with Gasteiger partial charge in [0.25, 0.3) is 0 Å². The second kappa shape index (κ2) is 2.92. The molecule has 1 heterocycles. The normalized spacial score (nSPS) is 10.0. The van der Waals surface area contributed by atoms with Gasteiger partial charge in [0, 0.05) is 18.5 Å². The van der Waals surface area contributed by atoms with Crippen LogP contribution in [0.4, 0.5) is 0 Å². The van der Waals surface area contributed by atoms with Gasteiger partial charge in [-0.05, 0) is 6.92 Å².